The zero-order valence-electron chi connectivity index (χ0n) is 58.8. The average molecular weight is 1430 g/mol. The Morgan fingerprint density at radius 2 is 0.960 bits per heavy atom. The lowest BCUT2D eigenvalue weighted by molar-refractivity contribution is -0.253. The van der Waals surface area contributed by atoms with Crippen LogP contribution in [0.2, 0.25) is 0 Å². The number of hydrogen-bond donors (Lipinski definition) is 1. The number of halogens is 2. The van der Waals surface area contributed by atoms with E-state index in [1.807, 2.05) is 86.6 Å². The highest BCUT2D eigenvalue weighted by molar-refractivity contribution is 6.20. The first-order chi connectivity index (χ1) is 48.5. The predicted molar refractivity (Wildman–Crippen MR) is 382 cm³/mol. The molecule has 0 aliphatic carbocycles. The van der Waals surface area contributed by atoms with E-state index in [1.54, 1.807) is 28.0 Å². The van der Waals surface area contributed by atoms with Gasteiger partial charge < -0.3 is 81.0 Å². The van der Waals surface area contributed by atoms with Crippen LogP contribution < -0.4 is 29.9 Å². The van der Waals surface area contributed by atoms with Gasteiger partial charge in [0.15, 0.2) is 6.10 Å². The molecule has 0 unspecified atom stereocenters. The Balaban J connectivity index is 0.879. The van der Waals surface area contributed by atoms with E-state index in [0.717, 1.165) is 44.8 Å². The molecule has 0 spiro atoms. The number of nitrogens with two attached hydrogens (primary N) is 1. The maximum atomic E-state index is 14.7. The van der Waals surface area contributed by atoms with Gasteiger partial charge in [0.25, 0.3) is 11.8 Å². The van der Waals surface area contributed by atoms with E-state index in [4.69, 9.17) is 95.4 Å². The van der Waals surface area contributed by atoms with Crippen molar-refractivity contribution in [2.75, 3.05) is 147 Å². The second-order valence-corrected chi connectivity index (χ2v) is 26.3. The van der Waals surface area contributed by atoms with Gasteiger partial charge in [-0.05, 0) is 69.9 Å². The van der Waals surface area contributed by atoms with Gasteiger partial charge >= 0.3 is 11.9 Å². The average Bonchev–Trinajstić information content (AvgIpc) is 1.51. The van der Waals surface area contributed by atoms with Crippen LogP contribution in [0.1, 0.15) is 95.9 Å². The molecule has 546 valence electrons. The van der Waals surface area contributed by atoms with Crippen LogP contribution in [0.4, 0.5) is 11.4 Å². The summed E-state index contributed by atoms with van der Waals surface area (Å²) in [5.74, 6) is 5.53. The monoisotopic (exact) mass is 1430 g/mol. The minimum atomic E-state index is -1.09. The van der Waals surface area contributed by atoms with Crippen molar-refractivity contribution < 1.29 is 90.3 Å². The van der Waals surface area contributed by atoms with Crippen molar-refractivity contribution in [3.05, 3.63) is 113 Å². The largest absolute Gasteiger partial charge is 0.491 e. The molecule has 22 nitrogen and oxygen atoms in total. The molecule has 2 amide bonds. The van der Waals surface area contributed by atoms with Gasteiger partial charge in [0, 0.05) is 103 Å². The van der Waals surface area contributed by atoms with Gasteiger partial charge in [-0.3, -0.25) is 19.2 Å². The van der Waals surface area contributed by atoms with Crippen molar-refractivity contribution in [3.63, 3.8) is 0 Å². The van der Waals surface area contributed by atoms with E-state index >= 15 is 0 Å². The Labute approximate surface area is 597 Å². The number of fused-ring (bicyclic) bond motifs is 6. The number of amides is 2. The van der Waals surface area contributed by atoms with Crippen molar-refractivity contribution >= 4 is 92.0 Å². The Morgan fingerprint density at radius 1 is 0.510 bits per heavy atom. The van der Waals surface area contributed by atoms with Crippen molar-refractivity contribution in [1.29, 1.82) is 0 Å². The molecule has 24 heteroatoms. The molecule has 9 rings (SSSR count). The van der Waals surface area contributed by atoms with Gasteiger partial charge in [-0.1, -0.05) is 102 Å². The summed E-state index contributed by atoms with van der Waals surface area (Å²) in [6, 6.07) is 25.1. The van der Waals surface area contributed by atoms with E-state index in [2.05, 4.69) is 38.6 Å². The third-order valence-electron chi connectivity index (χ3n) is 19.2. The maximum absolute atomic E-state index is 14.7. The molecular formula is C76H99Cl2N3O19. The lowest BCUT2D eigenvalue weighted by atomic mass is 9.78. The Hall–Kier alpha value is -6.48. The molecular weight excluding hydrogens is 1330 g/mol. The smallest absolute Gasteiger partial charge is 0.303 e. The molecule has 0 bridgehead atoms. The van der Waals surface area contributed by atoms with Crippen molar-refractivity contribution in [2.24, 2.45) is 35.5 Å². The molecule has 0 aromatic heterocycles. The number of alkyl halides is 2. The van der Waals surface area contributed by atoms with Gasteiger partial charge in [0.1, 0.15) is 30.5 Å². The number of carbonyl (C=O) groups excluding carboxylic acids is 4. The van der Waals surface area contributed by atoms with Crippen LogP contribution in [0.5, 0.6) is 17.2 Å². The van der Waals surface area contributed by atoms with Crippen LogP contribution in [0.3, 0.4) is 0 Å². The topological polar surface area (TPSA) is 239 Å². The first-order valence-corrected chi connectivity index (χ1v) is 35.9. The minimum absolute atomic E-state index is 0.0176. The van der Waals surface area contributed by atoms with Gasteiger partial charge in [0.05, 0.1) is 123 Å². The fourth-order valence-electron chi connectivity index (χ4n) is 13.3. The van der Waals surface area contributed by atoms with Crippen LogP contribution >= 0.6 is 23.2 Å². The molecule has 4 aliphatic rings. The van der Waals surface area contributed by atoms with Gasteiger partial charge in [-0.25, -0.2) is 5.90 Å². The summed E-state index contributed by atoms with van der Waals surface area (Å²) in [6.07, 6.45) is 4.47. The predicted octanol–water partition coefficient (Wildman–Crippen LogP) is 11.4. The van der Waals surface area contributed by atoms with Gasteiger partial charge in [-0.2, -0.15) is 0 Å². The lowest BCUT2D eigenvalue weighted by Crippen LogP contribution is -2.54. The number of esters is 2. The van der Waals surface area contributed by atoms with E-state index < -0.39 is 36.7 Å². The minimum Gasteiger partial charge on any atom is -0.491 e. The number of anilines is 2. The number of carbonyl (C=O) groups is 4. The highest BCUT2D eigenvalue weighted by atomic mass is 35.5. The molecule has 0 radical (unpaired) electrons. The number of hydrogen-bond acceptors (Lipinski definition) is 20. The van der Waals surface area contributed by atoms with Crippen LogP contribution in [0.15, 0.2) is 91.0 Å². The van der Waals surface area contributed by atoms with Gasteiger partial charge in [0.2, 0.25) is 12.6 Å². The van der Waals surface area contributed by atoms with Crippen LogP contribution in [0.25, 0.3) is 33.7 Å². The van der Waals surface area contributed by atoms with Crippen LogP contribution in [-0.2, 0) is 76.1 Å². The van der Waals surface area contributed by atoms with Crippen LogP contribution in [0, 0.1) is 29.6 Å². The summed E-state index contributed by atoms with van der Waals surface area (Å²) < 4.78 is 83.6. The third kappa shape index (κ3) is 20.4. The molecule has 4 aliphatic heterocycles. The Bertz CT molecular complexity index is 3540. The molecule has 2 N–H and O–H groups in total. The van der Waals surface area contributed by atoms with E-state index in [1.165, 1.54) is 19.9 Å². The van der Waals surface area contributed by atoms with E-state index in [9.17, 15) is 19.2 Å². The Kier molecular flexibility index (Phi) is 30.5. The normalized spacial score (nSPS) is 23.6. The molecule has 100 heavy (non-hydrogen) atoms. The SMILES string of the molecule is CC[C@H]1O[C@@H](Oc2cc3c(c4ccccc24)[C@H](CCl)CN3C(=O)/C=C/c2ccc(/C=C/C(=O)N3C[C@@H](CCl)c4c3cc(O[C@@H]3O[C@H](COC(C)=O)[C@H](C)[C@H](C)[C@H]3OC(C)=O)c3ccccc43)cc2OCCOCCOCCOCCOCCOCCOCCOCCON)[C@H](C)[C@@H](C)[C@H]1C. The molecule has 2 fully saturated rings. The van der Waals surface area contributed by atoms with Crippen LogP contribution in [-0.4, -0.2) is 192 Å². The van der Waals surface area contributed by atoms with Crippen molar-refractivity contribution in [2.45, 2.75) is 105 Å². The quantitative estimate of drug-likeness (QED) is 0.0126. The summed E-state index contributed by atoms with van der Waals surface area (Å²) in [5, 5.41) is 3.48. The zero-order valence-corrected chi connectivity index (χ0v) is 60.3. The molecule has 0 saturated carbocycles. The first kappa shape index (κ1) is 77.7. The maximum Gasteiger partial charge on any atom is 0.303 e. The number of rotatable bonds is 39. The Morgan fingerprint density at radius 3 is 1.43 bits per heavy atom. The highest BCUT2D eigenvalue weighted by Crippen LogP contribution is 2.49. The lowest BCUT2D eigenvalue weighted by Gasteiger charge is -2.43. The summed E-state index contributed by atoms with van der Waals surface area (Å²) in [5.41, 5.74) is 4.47. The number of ether oxygens (including phenoxy) is 14. The van der Waals surface area contributed by atoms with Crippen molar-refractivity contribution in [3.8, 4) is 17.2 Å². The number of benzene rings is 5. The molecule has 12 atom stereocenters. The van der Waals surface area contributed by atoms with E-state index in [-0.39, 0.29) is 79.8 Å². The van der Waals surface area contributed by atoms with Gasteiger partial charge in [-0.15, -0.1) is 23.2 Å². The molecule has 5 aromatic carbocycles. The highest BCUT2D eigenvalue weighted by Gasteiger charge is 2.46. The second-order valence-electron chi connectivity index (χ2n) is 25.7. The fraction of sp³-hybridized carbons (Fsp3) is 0.553. The van der Waals surface area contributed by atoms with Crippen molar-refractivity contribution in [1.82, 2.24) is 0 Å². The fourth-order valence-corrected chi connectivity index (χ4v) is 13.8. The first-order valence-electron chi connectivity index (χ1n) is 34.8. The summed E-state index contributed by atoms with van der Waals surface area (Å²) in [7, 11) is 0. The standard InChI is InChI=1S/C76H99Cl2N3O19/c1-9-65-49(3)48(2)52(6)75(97-65)98-67-41-63-72(61-16-12-10-14-59(61)67)58(44-78)46-81(63)71(85)23-21-56-20-18-55(40-66(56)93-38-36-91-34-32-89-30-28-87-26-24-86-25-27-88-29-31-90-33-35-92-37-39-95-79)19-22-70(84)80-45-57(43-77)73-62-17-13-11-15-60(62)68(42-64(73)80)99-76-74(96-54(8)83)51(5)50(4)69(100-76)47-94-53(7)82/h10-23,40-42,48-52,57-58,65,69,74-76H,9,24-39,43-47,79H2,1-8H3/b22-19+,23-21+/t48-,49+,50+,51-,52+,57+,58+,65+,69+,74+,75-,76+/m0/s1. The summed E-state index contributed by atoms with van der Waals surface area (Å²) >= 11 is 13.5. The number of nitrogens with zero attached hydrogens (tertiary/aromatic N) is 2. The second kappa shape index (κ2) is 39.2. The molecule has 2 saturated heterocycles. The third-order valence-corrected chi connectivity index (χ3v) is 20.0. The molecule has 4 heterocycles. The van der Waals surface area contributed by atoms with E-state index in [0.29, 0.717) is 151 Å². The molecule has 5 aromatic rings. The zero-order chi connectivity index (χ0) is 71.1. The summed E-state index contributed by atoms with van der Waals surface area (Å²) in [6.45, 7) is 22.1. The summed E-state index contributed by atoms with van der Waals surface area (Å²) in [4.78, 5) is 61.8.